The molecule has 0 unspecified atom stereocenters. The van der Waals surface area contributed by atoms with E-state index in [0.29, 0.717) is 81.1 Å². The SMILES string of the molecule is CC(=O)c1ccc(C(=O)N[C@@H](CCCCN)C(=O)N2CCC[C@H]2CN[C@@H](CC(C)C)C(=O)N2CCC[C@H]2C(=O)N(C)[C@@H](CCCN=C(N)N)C(=O)C[C@H](C(=O)N[C@@H](CCCN=C(N)N)C(=O)C[C@@H](Cc2ccc(O)cc2)C(=O)O)C(C)(C)C)cc1. The molecular weight excluding hydrogens is 1090 g/mol. The number of ketones is 3. The average Bonchev–Trinajstić information content (AvgIpc) is 4.32. The number of nitrogens with zero attached hydrogens (tertiary/aromatic N) is 5. The molecule has 15 N–H and O–H groups in total. The van der Waals surface area contributed by atoms with Gasteiger partial charge in [0.1, 0.15) is 17.8 Å². The number of aliphatic carboxylic acids is 1. The van der Waals surface area contributed by atoms with Gasteiger partial charge in [0.15, 0.2) is 29.3 Å². The van der Waals surface area contributed by atoms with Crippen molar-refractivity contribution >= 4 is 64.8 Å². The molecule has 5 amide bonds. The Kier molecular flexibility index (Phi) is 27.9. The fourth-order valence-corrected chi connectivity index (χ4v) is 11.1. The van der Waals surface area contributed by atoms with Crippen LogP contribution in [0.4, 0.5) is 0 Å². The second-order valence-corrected chi connectivity index (χ2v) is 24.1. The minimum atomic E-state index is -1.23. The van der Waals surface area contributed by atoms with Crippen LogP contribution in [0.3, 0.4) is 0 Å². The number of nitrogens with two attached hydrogens (primary N) is 5. The van der Waals surface area contributed by atoms with Crippen LogP contribution in [-0.4, -0.2) is 172 Å². The molecule has 2 aliphatic heterocycles. The van der Waals surface area contributed by atoms with Crippen molar-refractivity contribution in [1.29, 1.82) is 0 Å². The average molecular weight is 1190 g/mol. The molecule has 4 rings (SSSR count). The lowest BCUT2D eigenvalue weighted by molar-refractivity contribution is -0.148. The molecule has 8 atom stereocenters. The summed E-state index contributed by atoms with van der Waals surface area (Å²) in [7, 11) is 1.51. The Morgan fingerprint density at radius 2 is 1.29 bits per heavy atom. The number of unbranched alkanes of at least 4 members (excludes halogenated alkanes) is 1. The maximum absolute atomic E-state index is 14.9. The lowest BCUT2D eigenvalue weighted by Gasteiger charge is -2.36. The van der Waals surface area contributed by atoms with Crippen molar-refractivity contribution in [2.75, 3.05) is 46.3 Å². The van der Waals surface area contributed by atoms with E-state index in [9.17, 15) is 53.4 Å². The number of hydrogen-bond donors (Lipinski definition) is 10. The first-order chi connectivity index (χ1) is 40.1. The van der Waals surface area contributed by atoms with Crippen LogP contribution < -0.4 is 44.6 Å². The van der Waals surface area contributed by atoms with E-state index >= 15 is 0 Å². The number of aliphatic imine (C=N–C) groups is 2. The number of likely N-dealkylation sites (tertiary alicyclic amines) is 2. The smallest absolute Gasteiger partial charge is 0.307 e. The van der Waals surface area contributed by atoms with E-state index in [4.69, 9.17) is 28.7 Å². The molecule has 0 radical (unpaired) electrons. The molecule has 2 heterocycles. The zero-order chi connectivity index (χ0) is 63.1. The second-order valence-electron chi connectivity index (χ2n) is 24.1. The van der Waals surface area contributed by atoms with Gasteiger partial charge in [-0.15, -0.1) is 0 Å². The van der Waals surface area contributed by atoms with Gasteiger partial charge in [-0.25, -0.2) is 0 Å². The van der Waals surface area contributed by atoms with Crippen LogP contribution in [0.5, 0.6) is 5.75 Å². The number of nitrogens with one attached hydrogen (secondary N) is 3. The summed E-state index contributed by atoms with van der Waals surface area (Å²) >= 11 is 0. The standard InChI is InChI=1S/C61H95N13O11/c1-37(2)32-48(69-36-43-14-12-30-73(43)55(81)47(15-8-9-27-62)71-53(79)41-23-21-40(22-24-41)38(3)75)56(82)74-31-13-18-50(74)57(83)72(7)49(17-11-29-68-60(65)66)52(78)35-45(61(4,5)6)54(80)70-46(16-10-28-67-59(63)64)51(77)34-42(58(84)85)33-39-19-25-44(76)26-20-39/h19-26,37,42-43,45-50,69,76H,8-18,27-36,62H2,1-7H3,(H,70,80)(H,71,79)(H,84,85)(H4,63,64,67)(H4,65,66,68)/t42-,43+,45-,46+,47+,48+,49+,50+/m1/s1. The highest BCUT2D eigenvalue weighted by Crippen LogP contribution is 2.32. The monoisotopic (exact) mass is 1190 g/mol. The quantitative estimate of drug-likeness (QED) is 0.0205. The van der Waals surface area contributed by atoms with Crippen LogP contribution in [0, 0.1) is 23.2 Å². The Labute approximate surface area is 500 Å². The maximum atomic E-state index is 14.9. The van der Waals surface area contributed by atoms with Crippen LogP contribution in [0.15, 0.2) is 58.5 Å². The fourth-order valence-electron chi connectivity index (χ4n) is 11.1. The molecule has 2 saturated heterocycles. The van der Waals surface area contributed by atoms with Gasteiger partial charge >= 0.3 is 5.97 Å². The van der Waals surface area contributed by atoms with E-state index in [1.54, 1.807) is 67.0 Å². The maximum Gasteiger partial charge on any atom is 0.307 e. The third-order valence-corrected chi connectivity index (χ3v) is 15.9. The van der Waals surface area contributed by atoms with Crippen LogP contribution in [0.25, 0.3) is 0 Å². The van der Waals surface area contributed by atoms with Gasteiger partial charge in [0, 0.05) is 75.7 Å². The minimum Gasteiger partial charge on any atom is -0.508 e. The summed E-state index contributed by atoms with van der Waals surface area (Å²) in [5.74, 6) is -6.98. The molecule has 24 nitrogen and oxygen atoms in total. The summed E-state index contributed by atoms with van der Waals surface area (Å²) in [5, 5.41) is 29.2. The van der Waals surface area contributed by atoms with Crippen molar-refractivity contribution < 1.29 is 53.4 Å². The number of carboxylic acids is 1. The van der Waals surface area contributed by atoms with Gasteiger partial charge < -0.3 is 69.5 Å². The largest absolute Gasteiger partial charge is 0.508 e. The van der Waals surface area contributed by atoms with E-state index in [0.717, 1.165) is 0 Å². The van der Waals surface area contributed by atoms with Crippen molar-refractivity contribution in [3.8, 4) is 5.75 Å². The lowest BCUT2D eigenvalue weighted by Crippen LogP contribution is -2.57. The summed E-state index contributed by atoms with van der Waals surface area (Å²) in [4.78, 5) is 138. The number of carbonyl (C=O) groups excluding carboxylic acids is 8. The number of aromatic hydroxyl groups is 1. The number of guanidine groups is 2. The number of phenols is 1. The van der Waals surface area contributed by atoms with Gasteiger partial charge in [0.25, 0.3) is 5.91 Å². The minimum absolute atomic E-state index is 0.00571. The van der Waals surface area contributed by atoms with E-state index in [2.05, 4.69) is 25.9 Å². The highest BCUT2D eigenvalue weighted by molar-refractivity contribution is 6.00. The van der Waals surface area contributed by atoms with Crippen molar-refractivity contribution in [2.24, 2.45) is 61.8 Å². The van der Waals surface area contributed by atoms with Gasteiger partial charge in [-0.05, 0) is 138 Å². The van der Waals surface area contributed by atoms with E-state index in [-0.39, 0.29) is 112 Å². The third-order valence-electron chi connectivity index (χ3n) is 15.9. The fraction of sp³-hybridized carbons (Fsp3) is 0.623. The zero-order valence-electron chi connectivity index (χ0n) is 50.9. The lowest BCUT2D eigenvalue weighted by atomic mass is 9.76. The Morgan fingerprint density at radius 1 is 0.718 bits per heavy atom. The molecule has 0 bridgehead atoms. The highest BCUT2D eigenvalue weighted by Gasteiger charge is 2.44. The molecule has 2 fully saturated rings. The molecule has 0 aromatic heterocycles. The highest BCUT2D eigenvalue weighted by atomic mass is 16.4. The molecule has 0 saturated carbocycles. The predicted molar refractivity (Wildman–Crippen MR) is 325 cm³/mol. The summed E-state index contributed by atoms with van der Waals surface area (Å²) in [6, 6.07) is 7.11. The predicted octanol–water partition coefficient (Wildman–Crippen LogP) is 2.75. The zero-order valence-corrected chi connectivity index (χ0v) is 50.9. The summed E-state index contributed by atoms with van der Waals surface area (Å²) < 4.78 is 0. The summed E-state index contributed by atoms with van der Waals surface area (Å²) in [6.07, 6.45) is 4.05. The number of amides is 5. The number of likely N-dealkylation sites (N-methyl/N-ethyl adjacent to an activating group) is 1. The van der Waals surface area contributed by atoms with Gasteiger partial charge in [-0.3, -0.25) is 53.1 Å². The van der Waals surface area contributed by atoms with E-state index < -0.39 is 89.1 Å². The Hall–Kier alpha value is -7.47. The van der Waals surface area contributed by atoms with Crippen LogP contribution >= 0.6 is 0 Å². The first kappa shape index (κ1) is 70.0. The van der Waals surface area contributed by atoms with Crippen LogP contribution in [0.1, 0.15) is 158 Å². The van der Waals surface area contributed by atoms with Crippen molar-refractivity contribution in [3.05, 3.63) is 65.2 Å². The number of benzene rings is 2. The normalized spacial score (nSPS) is 17.2. The summed E-state index contributed by atoms with van der Waals surface area (Å²) in [5.41, 5.74) is 28.6. The van der Waals surface area contributed by atoms with Crippen molar-refractivity contribution in [3.63, 3.8) is 0 Å². The van der Waals surface area contributed by atoms with Crippen LogP contribution in [-0.2, 0) is 40.0 Å². The van der Waals surface area contributed by atoms with Gasteiger partial charge in [-0.2, -0.15) is 0 Å². The molecule has 85 heavy (non-hydrogen) atoms. The molecule has 24 heteroatoms. The topological polar surface area (TPSA) is 395 Å². The molecule has 0 aliphatic carbocycles. The third kappa shape index (κ3) is 22.2. The Morgan fingerprint density at radius 3 is 1.87 bits per heavy atom. The van der Waals surface area contributed by atoms with E-state index in [1.165, 1.54) is 31.0 Å². The number of rotatable bonds is 35. The Balaban J connectivity index is 1.55. The molecule has 470 valence electrons. The second kappa shape index (κ2) is 33.9. The first-order valence-electron chi connectivity index (χ1n) is 29.8. The molecule has 0 spiro atoms. The van der Waals surface area contributed by atoms with Crippen molar-refractivity contribution in [1.82, 2.24) is 30.7 Å². The number of Topliss-reactive ketones (excluding diaryl/α,β-unsaturated/α-hetero) is 3. The molecular formula is C61H95N13O11. The molecule has 2 aliphatic rings. The number of hydrogen-bond acceptors (Lipinski definition) is 14. The number of phenolic OH excluding ortho intramolecular Hbond substituents is 1. The van der Waals surface area contributed by atoms with Crippen molar-refractivity contribution in [2.45, 2.75) is 174 Å². The Bertz CT molecular complexity index is 2650. The van der Waals surface area contributed by atoms with E-state index in [1.807, 2.05) is 13.8 Å². The molecule has 2 aromatic rings. The number of carboxylic acid groups (broad SMARTS) is 1. The number of carbonyl (C=O) groups is 9. The summed E-state index contributed by atoms with van der Waals surface area (Å²) in [6.45, 7) is 12.4. The van der Waals surface area contributed by atoms with Gasteiger partial charge in [0.2, 0.25) is 23.6 Å². The molecule has 2 aromatic carbocycles. The van der Waals surface area contributed by atoms with Gasteiger partial charge in [0.05, 0.1) is 24.0 Å². The van der Waals surface area contributed by atoms with Gasteiger partial charge in [-0.1, -0.05) is 58.9 Å². The first-order valence-corrected chi connectivity index (χ1v) is 29.8. The van der Waals surface area contributed by atoms with Crippen LogP contribution in [0.2, 0.25) is 0 Å².